The first-order chi connectivity index (χ1) is 11.8. The van der Waals surface area contributed by atoms with Crippen LogP contribution >= 0.6 is 0 Å². The van der Waals surface area contributed by atoms with E-state index >= 15 is 0 Å². The molecule has 9 heteroatoms. The molecular weight excluding hydrogens is 330 g/mol. The van der Waals surface area contributed by atoms with Gasteiger partial charge in [-0.1, -0.05) is 6.42 Å². The van der Waals surface area contributed by atoms with Gasteiger partial charge < -0.3 is 15.7 Å². The van der Waals surface area contributed by atoms with E-state index in [1.165, 1.54) is 25.1 Å². The van der Waals surface area contributed by atoms with Gasteiger partial charge in [-0.25, -0.2) is 0 Å². The Bertz CT molecular complexity index is 718. The van der Waals surface area contributed by atoms with Crippen molar-refractivity contribution in [1.29, 1.82) is 0 Å². The summed E-state index contributed by atoms with van der Waals surface area (Å²) in [6, 6.07) is 3.50. The Balaban J connectivity index is 1.89. The molecule has 1 aromatic rings. The number of nitro benzene ring substituents is 1. The number of amides is 2. The highest BCUT2D eigenvalue weighted by atomic mass is 16.6. The Labute approximate surface area is 143 Å². The number of rotatable bonds is 6. The summed E-state index contributed by atoms with van der Waals surface area (Å²) in [5.41, 5.74) is 0.466. The lowest BCUT2D eigenvalue weighted by Crippen LogP contribution is -2.44. The Kier molecular flexibility index (Phi) is 5.68. The Morgan fingerprint density at radius 2 is 2.04 bits per heavy atom. The molecule has 2 atom stereocenters. The molecule has 0 heterocycles. The van der Waals surface area contributed by atoms with Crippen LogP contribution in [0.3, 0.4) is 0 Å². The van der Waals surface area contributed by atoms with E-state index in [4.69, 9.17) is 5.11 Å². The fraction of sp³-hybridized carbons (Fsp3) is 0.438. The van der Waals surface area contributed by atoms with Crippen molar-refractivity contribution in [2.24, 2.45) is 5.92 Å². The van der Waals surface area contributed by atoms with E-state index < -0.39 is 34.7 Å². The van der Waals surface area contributed by atoms with Gasteiger partial charge in [0.25, 0.3) is 11.6 Å². The number of hydrogen-bond acceptors (Lipinski definition) is 5. The van der Waals surface area contributed by atoms with Gasteiger partial charge >= 0.3 is 5.97 Å². The fourth-order valence-electron chi connectivity index (χ4n) is 2.95. The number of carboxylic acid groups (broad SMARTS) is 1. The molecule has 25 heavy (non-hydrogen) atoms. The number of nitrogens with zero attached hydrogens (tertiary/aromatic N) is 1. The first-order valence-corrected chi connectivity index (χ1v) is 7.85. The predicted molar refractivity (Wildman–Crippen MR) is 87.1 cm³/mol. The van der Waals surface area contributed by atoms with Gasteiger partial charge in [0.1, 0.15) is 0 Å². The van der Waals surface area contributed by atoms with Crippen LogP contribution in [0.15, 0.2) is 18.2 Å². The molecule has 1 aliphatic rings. The lowest BCUT2D eigenvalue weighted by Gasteiger charge is -2.17. The average molecular weight is 349 g/mol. The summed E-state index contributed by atoms with van der Waals surface area (Å²) < 4.78 is 0. The van der Waals surface area contributed by atoms with Crippen LogP contribution in [-0.2, 0) is 9.59 Å². The first kappa shape index (κ1) is 18.4. The van der Waals surface area contributed by atoms with Crippen molar-refractivity contribution in [1.82, 2.24) is 10.6 Å². The van der Waals surface area contributed by atoms with Crippen LogP contribution < -0.4 is 10.6 Å². The molecule has 0 unspecified atom stereocenters. The zero-order chi connectivity index (χ0) is 18.6. The molecule has 0 spiro atoms. The molecule has 9 nitrogen and oxygen atoms in total. The topological polar surface area (TPSA) is 139 Å². The number of nitrogens with one attached hydrogen (secondary N) is 2. The van der Waals surface area contributed by atoms with Crippen LogP contribution in [0.1, 0.15) is 35.2 Å². The highest BCUT2D eigenvalue weighted by Crippen LogP contribution is 2.25. The van der Waals surface area contributed by atoms with E-state index in [1.807, 2.05) is 0 Å². The molecule has 0 radical (unpaired) electrons. The number of nitro groups is 1. The number of benzene rings is 1. The normalized spacial score (nSPS) is 19.2. The minimum Gasteiger partial charge on any atom is -0.481 e. The summed E-state index contributed by atoms with van der Waals surface area (Å²) in [6.07, 6.45) is 1.85. The quantitative estimate of drug-likeness (QED) is 0.517. The minimum atomic E-state index is -0.937. The van der Waals surface area contributed by atoms with Gasteiger partial charge in [-0.05, 0) is 31.9 Å². The maximum Gasteiger partial charge on any atom is 0.308 e. The summed E-state index contributed by atoms with van der Waals surface area (Å²) in [7, 11) is 0. The van der Waals surface area contributed by atoms with Gasteiger partial charge in [-0.15, -0.1) is 0 Å². The highest BCUT2D eigenvalue weighted by molar-refractivity contribution is 5.97. The fourth-order valence-corrected chi connectivity index (χ4v) is 2.95. The molecule has 1 saturated carbocycles. The molecule has 0 saturated heterocycles. The third-order valence-corrected chi connectivity index (χ3v) is 4.24. The predicted octanol–water partition coefficient (Wildman–Crippen LogP) is 1.00. The summed E-state index contributed by atoms with van der Waals surface area (Å²) in [6.45, 7) is 1.23. The molecule has 0 aliphatic heterocycles. The van der Waals surface area contributed by atoms with E-state index in [1.54, 1.807) is 0 Å². The second kappa shape index (κ2) is 7.73. The molecule has 1 aliphatic carbocycles. The van der Waals surface area contributed by atoms with Crippen molar-refractivity contribution in [2.75, 3.05) is 6.54 Å². The second-order valence-electron chi connectivity index (χ2n) is 5.99. The van der Waals surface area contributed by atoms with Crippen molar-refractivity contribution >= 4 is 23.5 Å². The lowest BCUT2D eigenvalue weighted by molar-refractivity contribution is -0.385. The SMILES string of the molecule is Cc1cc(C(=O)NCC(=O)N[C@@H]2CCC[C@@H]2C(=O)O)ccc1[N+](=O)[O-]. The lowest BCUT2D eigenvalue weighted by atomic mass is 10.0. The average Bonchev–Trinajstić information content (AvgIpc) is 3.00. The molecule has 2 amide bonds. The standard InChI is InChI=1S/C16H19N3O6/c1-9-7-10(5-6-13(9)19(24)25)15(21)17-8-14(20)18-12-4-2-3-11(12)16(22)23/h5-7,11-12H,2-4,8H2,1H3,(H,17,21)(H,18,20)(H,22,23)/t11-,12+/m0/s1. The zero-order valence-corrected chi connectivity index (χ0v) is 13.7. The van der Waals surface area contributed by atoms with Gasteiger partial charge in [-0.2, -0.15) is 0 Å². The molecule has 3 N–H and O–H groups in total. The van der Waals surface area contributed by atoms with Crippen LogP contribution in [0.25, 0.3) is 0 Å². The Morgan fingerprint density at radius 3 is 2.64 bits per heavy atom. The molecule has 0 bridgehead atoms. The van der Waals surface area contributed by atoms with E-state index in [-0.39, 0.29) is 17.8 Å². The molecule has 134 valence electrons. The molecule has 1 fully saturated rings. The number of aryl methyl sites for hydroxylation is 1. The van der Waals surface area contributed by atoms with Crippen molar-refractivity contribution in [3.05, 3.63) is 39.4 Å². The van der Waals surface area contributed by atoms with Gasteiger partial charge in [0, 0.05) is 23.2 Å². The van der Waals surface area contributed by atoms with Crippen LogP contribution in [-0.4, -0.2) is 40.4 Å². The molecular formula is C16H19N3O6. The maximum atomic E-state index is 12.0. The van der Waals surface area contributed by atoms with Gasteiger partial charge in [0.2, 0.25) is 5.91 Å². The largest absolute Gasteiger partial charge is 0.481 e. The van der Waals surface area contributed by atoms with Gasteiger partial charge in [-0.3, -0.25) is 24.5 Å². The third-order valence-electron chi connectivity index (χ3n) is 4.24. The second-order valence-corrected chi connectivity index (χ2v) is 5.99. The van der Waals surface area contributed by atoms with Gasteiger partial charge in [0.15, 0.2) is 0 Å². The number of carbonyl (C=O) groups is 3. The molecule has 2 rings (SSSR count). The van der Waals surface area contributed by atoms with E-state index in [9.17, 15) is 24.5 Å². The van der Waals surface area contributed by atoms with Crippen LogP contribution in [0, 0.1) is 23.0 Å². The molecule has 1 aromatic carbocycles. The summed E-state index contributed by atoms with van der Waals surface area (Å²) in [5.74, 6) is -2.54. The Hall–Kier alpha value is -2.97. The smallest absolute Gasteiger partial charge is 0.308 e. The number of aliphatic carboxylic acids is 1. The summed E-state index contributed by atoms with van der Waals surface area (Å²) in [4.78, 5) is 45.3. The van der Waals surface area contributed by atoms with Crippen LogP contribution in [0.4, 0.5) is 5.69 Å². The van der Waals surface area contributed by atoms with Crippen LogP contribution in [0.5, 0.6) is 0 Å². The van der Waals surface area contributed by atoms with Crippen LogP contribution in [0.2, 0.25) is 0 Å². The number of carbonyl (C=O) groups excluding carboxylic acids is 2. The minimum absolute atomic E-state index is 0.0877. The molecule has 0 aromatic heterocycles. The summed E-state index contributed by atoms with van der Waals surface area (Å²) >= 11 is 0. The monoisotopic (exact) mass is 349 g/mol. The van der Waals surface area contributed by atoms with Crippen molar-refractivity contribution in [2.45, 2.75) is 32.2 Å². The summed E-state index contributed by atoms with van der Waals surface area (Å²) in [5, 5.41) is 24.9. The first-order valence-electron chi connectivity index (χ1n) is 7.85. The highest BCUT2D eigenvalue weighted by Gasteiger charge is 2.33. The van der Waals surface area contributed by atoms with E-state index in [0.717, 1.165) is 6.42 Å². The van der Waals surface area contributed by atoms with Crippen molar-refractivity contribution < 1.29 is 24.4 Å². The number of carboxylic acids is 1. The van der Waals surface area contributed by atoms with E-state index in [0.29, 0.717) is 18.4 Å². The third kappa shape index (κ3) is 4.52. The maximum absolute atomic E-state index is 12.0. The zero-order valence-electron chi connectivity index (χ0n) is 13.7. The number of hydrogen-bond donors (Lipinski definition) is 3. The van der Waals surface area contributed by atoms with Crippen molar-refractivity contribution in [3.63, 3.8) is 0 Å². The van der Waals surface area contributed by atoms with Crippen molar-refractivity contribution in [3.8, 4) is 0 Å². The Morgan fingerprint density at radius 1 is 1.32 bits per heavy atom. The van der Waals surface area contributed by atoms with E-state index in [2.05, 4.69) is 10.6 Å². The van der Waals surface area contributed by atoms with Gasteiger partial charge in [0.05, 0.1) is 17.4 Å².